The van der Waals surface area contributed by atoms with E-state index in [1.54, 1.807) is 6.92 Å². The van der Waals surface area contributed by atoms with Crippen molar-refractivity contribution >= 4 is 23.6 Å². The van der Waals surface area contributed by atoms with Crippen molar-refractivity contribution in [3.8, 4) is 5.88 Å². The molecule has 2 aromatic rings. The number of halogens is 3. The molecule has 0 saturated carbocycles. The Hall–Kier alpha value is -2.37. The van der Waals surface area contributed by atoms with Crippen LogP contribution < -0.4 is 10.1 Å². The van der Waals surface area contributed by atoms with Crippen LogP contribution in [-0.4, -0.2) is 43.2 Å². The Balaban J connectivity index is 1.99. The van der Waals surface area contributed by atoms with Gasteiger partial charge in [0.25, 0.3) is 5.91 Å². The maximum absolute atomic E-state index is 12.1. The number of carbonyl (C=O) groups excluding carboxylic acids is 1. The summed E-state index contributed by atoms with van der Waals surface area (Å²) in [5, 5.41) is 7.17. The van der Waals surface area contributed by atoms with Crippen molar-refractivity contribution in [1.29, 1.82) is 0 Å². The van der Waals surface area contributed by atoms with Crippen molar-refractivity contribution < 1.29 is 22.7 Å². The van der Waals surface area contributed by atoms with Gasteiger partial charge in [-0.3, -0.25) is 10.1 Å². The van der Waals surface area contributed by atoms with E-state index >= 15 is 0 Å². The van der Waals surface area contributed by atoms with E-state index < -0.39 is 28.3 Å². The van der Waals surface area contributed by atoms with Gasteiger partial charge < -0.3 is 4.74 Å². The van der Waals surface area contributed by atoms with Gasteiger partial charge in [-0.05, 0) is 6.92 Å². The summed E-state index contributed by atoms with van der Waals surface area (Å²) in [5.74, 6) is -0.676. The molecule has 0 spiro atoms. The number of thioether (sulfide) groups is 1. The predicted molar refractivity (Wildman–Crippen MR) is 69.4 cm³/mol. The number of ether oxygens (including phenoxy) is 1. The maximum Gasteiger partial charge on any atom is 0.449 e. The molecule has 2 aromatic heterocycles. The van der Waals surface area contributed by atoms with Gasteiger partial charge in [-0.25, -0.2) is 15.1 Å². The van der Waals surface area contributed by atoms with Gasteiger partial charge in [0.15, 0.2) is 0 Å². The number of anilines is 1. The topological polar surface area (TPSA) is 106 Å². The molecule has 8 nitrogen and oxygen atoms in total. The van der Waals surface area contributed by atoms with Crippen molar-refractivity contribution in [1.82, 2.24) is 25.1 Å². The van der Waals surface area contributed by atoms with E-state index in [2.05, 4.69) is 30.5 Å². The molecule has 2 rings (SSSR count). The standard InChI is InChI=1S/C10H9F3N6O2S/c1-2-21-6-4-14-5(3-15-6)7(20)16-8-17-9(19-18-8)22-10(11,12)13/h3-4H,2H2,1H3,(H2,16,17,18,19,20). The second kappa shape index (κ2) is 6.60. The molecule has 2 N–H and O–H groups in total. The van der Waals surface area contributed by atoms with Gasteiger partial charge >= 0.3 is 5.51 Å². The normalized spacial score (nSPS) is 11.3. The van der Waals surface area contributed by atoms with Gasteiger partial charge in [-0.1, -0.05) is 0 Å². The van der Waals surface area contributed by atoms with Crippen LogP contribution >= 0.6 is 11.8 Å². The molecule has 0 aromatic carbocycles. The lowest BCUT2D eigenvalue weighted by Crippen LogP contribution is -2.15. The highest BCUT2D eigenvalue weighted by atomic mass is 32.2. The number of hydrogen-bond donors (Lipinski definition) is 2. The van der Waals surface area contributed by atoms with E-state index in [0.29, 0.717) is 6.61 Å². The lowest BCUT2D eigenvalue weighted by atomic mass is 10.4. The highest BCUT2D eigenvalue weighted by Crippen LogP contribution is 2.34. The van der Waals surface area contributed by atoms with Gasteiger partial charge in [-0.2, -0.15) is 18.2 Å². The summed E-state index contributed by atoms with van der Waals surface area (Å²) in [7, 11) is 0. The zero-order valence-corrected chi connectivity index (χ0v) is 11.8. The molecule has 0 aliphatic carbocycles. The molecule has 0 saturated heterocycles. The second-order valence-corrected chi connectivity index (χ2v) is 4.67. The molecular formula is C10H9F3N6O2S. The molecule has 1 amide bonds. The van der Waals surface area contributed by atoms with Crippen LogP contribution in [0.2, 0.25) is 0 Å². The Bertz CT molecular complexity index is 645. The largest absolute Gasteiger partial charge is 0.477 e. The average Bonchev–Trinajstić information content (AvgIpc) is 2.84. The molecule has 0 fully saturated rings. The first kappa shape index (κ1) is 16.0. The van der Waals surface area contributed by atoms with Crippen LogP contribution in [0.3, 0.4) is 0 Å². The van der Waals surface area contributed by atoms with Crippen molar-refractivity contribution in [3.63, 3.8) is 0 Å². The average molecular weight is 334 g/mol. The molecule has 12 heteroatoms. The van der Waals surface area contributed by atoms with Crippen LogP contribution in [0.5, 0.6) is 5.88 Å². The molecule has 0 atom stereocenters. The maximum atomic E-state index is 12.1. The summed E-state index contributed by atoms with van der Waals surface area (Å²) in [6.45, 7) is 2.17. The molecule has 0 bridgehead atoms. The smallest absolute Gasteiger partial charge is 0.449 e. The predicted octanol–water partition coefficient (Wildman–Crippen LogP) is 1.86. The third-order valence-corrected chi connectivity index (χ3v) is 2.65. The number of amides is 1. The molecule has 22 heavy (non-hydrogen) atoms. The fourth-order valence-corrected chi connectivity index (χ4v) is 1.71. The minimum absolute atomic E-state index is 0.0510. The molecular weight excluding hydrogens is 325 g/mol. The minimum atomic E-state index is -4.51. The zero-order chi connectivity index (χ0) is 16.2. The van der Waals surface area contributed by atoms with Crippen molar-refractivity contribution in [2.45, 2.75) is 17.6 Å². The Labute approximate surface area is 125 Å². The van der Waals surface area contributed by atoms with Crippen LogP contribution in [0, 0.1) is 0 Å². The number of carbonyl (C=O) groups is 1. The fraction of sp³-hybridized carbons (Fsp3) is 0.300. The van der Waals surface area contributed by atoms with E-state index in [-0.39, 0.29) is 17.5 Å². The number of hydrogen-bond acceptors (Lipinski definition) is 7. The van der Waals surface area contributed by atoms with Crippen LogP contribution in [-0.2, 0) is 0 Å². The second-order valence-electron chi connectivity index (χ2n) is 3.64. The lowest BCUT2D eigenvalue weighted by Gasteiger charge is -2.03. The van der Waals surface area contributed by atoms with E-state index in [1.165, 1.54) is 12.4 Å². The van der Waals surface area contributed by atoms with Crippen LogP contribution in [0.1, 0.15) is 17.4 Å². The van der Waals surface area contributed by atoms with Gasteiger partial charge in [0.1, 0.15) is 5.69 Å². The number of H-pyrrole nitrogens is 1. The molecule has 0 aliphatic heterocycles. The highest BCUT2D eigenvalue weighted by molar-refractivity contribution is 8.00. The quantitative estimate of drug-likeness (QED) is 0.804. The van der Waals surface area contributed by atoms with Crippen molar-refractivity contribution in [2.75, 3.05) is 11.9 Å². The third-order valence-electron chi connectivity index (χ3n) is 2.06. The van der Waals surface area contributed by atoms with Crippen molar-refractivity contribution in [3.05, 3.63) is 18.1 Å². The fourth-order valence-electron chi connectivity index (χ4n) is 1.28. The Morgan fingerprint density at radius 1 is 1.41 bits per heavy atom. The summed E-state index contributed by atoms with van der Waals surface area (Å²) >= 11 is -0.497. The highest BCUT2D eigenvalue weighted by Gasteiger charge is 2.31. The molecule has 0 aliphatic rings. The van der Waals surface area contributed by atoms with Gasteiger partial charge in [0.05, 0.1) is 19.0 Å². The SMILES string of the molecule is CCOc1cnc(C(=O)Nc2nc(SC(F)(F)F)n[nH]2)cn1. The number of alkyl halides is 3. The van der Waals surface area contributed by atoms with Crippen LogP contribution in [0.15, 0.2) is 17.6 Å². The van der Waals surface area contributed by atoms with E-state index in [9.17, 15) is 18.0 Å². The number of nitrogens with one attached hydrogen (secondary N) is 2. The number of aromatic nitrogens is 5. The Kier molecular flexibility index (Phi) is 4.80. The van der Waals surface area contributed by atoms with Gasteiger partial charge in [-0.15, -0.1) is 5.10 Å². The van der Waals surface area contributed by atoms with Crippen LogP contribution in [0.4, 0.5) is 19.1 Å². The van der Waals surface area contributed by atoms with E-state index in [0.717, 1.165) is 0 Å². The molecule has 118 valence electrons. The van der Waals surface area contributed by atoms with E-state index in [1.807, 2.05) is 0 Å². The summed E-state index contributed by atoms with van der Waals surface area (Å²) in [5.41, 5.74) is -4.56. The summed E-state index contributed by atoms with van der Waals surface area (Å²) in [6.07, 6.45) is 2.42. The monoisotopic (exact) mass is 334 g/mol. The van der Waals surface area contributed by atoms with Gasteiger partial charge in [0.2, 0.25) is 17.0 Å². The Morgan fingerprint density at radius 3 is 2.77 bits per heavy atom. The summed E-state index contributed by atoms with van der Waals surface area (Å²) in [4.78, 5) is 22.9. The number of nitrogens with zero attached hydrogens (tertiary/aromatic N) is 4. The minimum Gasteiger partial charge on any atom is -0.477 e. The first-order valence-corrected chi connectivity index (χ1v) is 6.63. The zero-order valence-electron chi connectivity index (χ0n) is 11.0. The molecule has 0 radical (unpaired) electrons. The summed E-state index contributed by atoms with van der Waals surface area (Å²) < 4.78 is 41.5. The lowest BCUT2D eigenvalue weighted by molar-refractivity contribution is -0.0330. The number of rotatable bonds is 5. The molecule has 0 unspecified atom stereocenters. The summed E-state index contributed by atoms with van der Waals surface area (Å²) in [6, 6.07) is 0. The Morgan fingerprint density at radius 2 is 2.18 bits per heavy atom. The third kappa shape index (κ3) is 4.58. The van der Waals surface area contributed by atoms with Crippen molar-refractivity contribution in [2.24, 2.45) is 0 Å². The van der Waals surface area contributed by atoms with Crippen LogP contribution in [0.25, 0.3) is 0 Å². The van der Waals surface area contributed by atoms with Gasteiger partial charge in [0, 0.05) is 11.8 Å². The number of aromatic amines is 1. The first-order valence-electron chi connectivity index (χ1n) is 5.81. The molecule has 2 heterocycles. The first-order chi connectivity index (χ1) is 10.4. The van der Waals surface area contributed by atoms with E-state index in [4.69, 9.17) is 4.74 Å².